The highest BCUT2D eigenvalue weighted by Crippen LogP contribution is 2.28. The summed E-state index contributed by atoms with van der Waals surface area (Å²) in [6, 6.07) is 13.7. The van der Waals surface area contributed by atoms with Crippen LogP contribution in [-0.4, -0.2) is 19.4 Å². The van der Waals surface area contributed by atoms with E-state index >= 15 is 0 Å². The normalized spacial score (nSPS) is 11.5. The van der Waals surface area contributed by atoms with Crippen LogP contribution in [0.25, 0.3) is 28.4 Å². The second-order valence-electron chi connectivity index (χ2n) is 7.56. The smallest absolute Gasteiger partial charge is 0.234 e. The zero-order valence-electron chi connectivity index (χ0n) is 15.8. The summed E-state index contributed by atoms with van der Waals surface area (Å²) in [6.45, 7) is 6.30. The molecule has 0 radical (unpaired) electrons. The molecule has 138 valence electrons. The molecule has 28 heavy (non-hydrogen) atoms. The largest absolute Gasteiger partial charge is 0.282 e. The van der Waals surface area contributed by atoms with Crippen molar-refractivity contribution in [1.82, 2.24) is 19.4 Å². The highest BCUT2D eigenvalue weighted by Gasteiger charge is 2.18. The average Bonchev–Trinajstić information content (AvgIpc) is 3.10. The van der Waals surface area contributed by atoms with E-state index in [0.29, 0.717) is 17.2 Å². The van der Waals surface area contributed by atoms with Crippen LogP contribution in [-0.2, 0) is 5.41 Å². The number of benzene rings is 1. The number of nitrogens with zero attached hydrogens (tertiary/aromatic N) is 5. The fourth-order valence-corrected chi connectivity index (χ4v) is 3.07. The predicted molar refractivity (Wildman–Crippen MR) is 105 cm³/mol. The highest BCUT2D eigenvalue weighted by atomic mass is 19.1. The standard InChI is InChI=1S/C22H18FN5/c1-22(2,3)19-10-11-28-18(13-25-21(28)27-19)16-8-5-9-17(26-16)20-14(12-24)6-4-7-15(20)23/h4-11,13H,1-3H3. The van der Waals surface area contributed by atoms with Crippen molar-refractivity contribution in [2.45, 2.75) is 26.2 Å². The van der Waals surface area contributed by atoms with Crippen LogP contribution in [0.4, 0.5) is 4.39 Å². The number of hydrogen-bond acceptors (Lipinski definition) is 4. The lowest BCUT2D eigenvalue weighted by atomic mass is 9.92. The Morgan fingerprint density at radius 1 is 1.00 bits per heavy atom. The third-order valence-corrected chi connectivity index (χ3v) is 4.55. The van der Waals surface area contributed by atoms with Gasteiger partial charge in [-0.05, 0) is 30.3 Å². The second-order valence-corrected chi connectivity index (χ2v) is 7.56. The molecule has 0 atom stereocenters. The van der Waals surface area contributed by atoms with Crippen LogP contribution in [0, 0.1) is 17.1 Å². The highest BCUT2D eigenvalue weighted by molar-refractivity contribution is 5.70. The molecule has 0 unspecified atom stereocenters. The maximum absolute atomic E-state index is 14.4. The minimum atomic E-state index is -0.474. The monoisotopic (exact) mass is 371 g/mol. The first kappa shape index (κ1) is 17.8. The number of aromatic nitrogens is 4. The first-order valence-electron chi connectivity index (χ1n) is 8.89. The molecule has 0 saturated carbocycles. The first-order valence-corrected chi connectivity index (χ1v) is 8.89. The summed E-state index contributed by atoms with van der Waals surface area (Å²) in [4.78, 5) is 13.6. The molecule has 4 aromatic rings. The zero-order chi connectivity index (χ0) is 19.9. The molecule has 4 rings (SSSR count). The van der Waals surface area contributed by atoms with Crippen LogP contribution in [0.3, 0.4) is 0 Å². The number of pyridine rings is 1. The Morgan fingerprint density at radius 2 is 1.75 bits per heavy atom. The van der Waals surface area contributed by atoms with Crippen LogP contribution >= 0.6 is 0 Å². The van der Waals surface area contributed by atoms with Gasteiger partial charge in [-0.2, -0.15) is 5.26 Å². The number of fused-ring (bicyclic) bond motifs is 1. The third kappa shape index (κ3) is 3.01. The van der Waals surface area contributed by atoms with E-state index < -0.39 is 5.82 Å². The van der Waals surface area contributed by atoms with Gasteiger partial charge in [0.05, 0.1) is 46.2 Å². The molecule has 0 aliphatic carbocycles. The minimum Gasteiger partial charge on any atom is -0.282 e. The summed E-state index contributed by atoms with van der Waals surface area (Å²) in [7, 11) is 0. The molecule has 5 nitrogen and oxygen atoms in total. The molecule has 6 heteroatoms. The van der Waals surface area contributed by atoms with Crippen LogP contribution in [0.1, 0.15) is 32.0 Å². The zero-order valence-corrected chi connectivity index (χ0v) is 15.8. The molecule has 0 N–H and O–H groups in total. The van der Waals surface area contributed by atoms with Crippen molar-refractivity contribution in [2.24, 2.45) is 0 Å². The fourth-order valence-electron chi connectivity index (χ4n) is 3.07. The maximum Gasteiger partial charge on any atom is 0.234 e. The quantitative estimate of drug-likeness (QED) is 0.509. The summed E-state index contributed by atoms with van der Waals surface area (Å²) in [5, 5.41) is 9.32. The summed E-state index contributed by atoms with van der Waals surface area (Å²) in [5.41, 5.74) is 3.10. The Kier molecular flexibility index (Phi) is 4.16. The molecule has 0 bridgehead atoms. The van der Waals surface area contributed by atoms with Crippen LogP contribution < -0.4 is 0 Å². The van der Waals surface area contributed by atoms with E-state index in [1.54, 1.807) is 24.4 Å². The number of hydrogen-bond donors (Lipinski definition) is 0. The topological polar surface area (TPSA) is 66.9 Å². The van der Waals surface area contributed by atoms with Crippen LogP contribution in [0.15, 0.2) is 54.9 Å². The second kappa shape index (κ2) is 6.54. The summed E-state index contributed by atoms with van der Waals surface area (Å²) < 4.78 is 16.2. The minimum absolute atomic E-state index is 0.0788. The van der Waals surface area contributed by atoms with Gasteiger partial charge < -0.3 is 0 Å². The van der Waals surface area contributed by atoms with Gasteiger partial charge in [-0.25, -0.2) is 19.3 Å². The third-order valence-electron chi connectivity index (χ3n) is 4.55. The van der Waals surface area contributed by atoms with Crippen molar-refractivity contribution in [3.63, 3.8) is 0 Å². The van der Waals surface area contributed by atoms with Crippen LogP contribution in [0.2, 0.25) is 0 Å². The molecule has 3 aromatic heterocycles. The Bertz CT molecular complexity index is 1230. The first-order chi connectivity index (χ1) is 13.4. The molecule has 0 aliphatic rings. The van der Waals surface area contributed by atoms with Gasteiger partial charge in [0.15, 0.2) is 0 Å². The molecular formula is C22H18FN5. The molecule has 0 spiro atoms. The number of halogens is 1. The van der Waals surface area contributed by atoms with Crippen molar-refractivity contribution < 1.29 is 4.39 Å². The molecule has 1 aromatic carbocycles. The SMILES string of the molecule is CC(C)(C)c1ccn2c(-c3cccc(-c4c(F)cccc4C#N)n3)cnc2n1. The van der Waals surface area contributed by atoms with E-state index in [-0.39, 0.29) is 16.5 Å². The van der Waals surface area contributed by atoms with E-state index in [2.05, 4.69) is 35.7 Å². The van der Waals surface area contributed by atoms with Gasteiger partial charge in [0.2, 0.25) is 5.78 Å². The lowest BCUT2D eigenvalue weighted by Gasteiger charge is -2.17. The van der Waals surface area contributed by atoms with Gasteiger partial charge in [0.1, 0.15) is 5.82 Å². The van der Waals surface area contributed by atoms with Crippen molar-refractivity contribution in [3.05, 3.63) is 71.9 Å². The van der Waals surface area contributed by atoms with E-state index in [9.17, 15) is 9.65 Å². The summed E-state index contributed by atoms with van der Waals surface area (Å²) in [6.07, 6.45) is 3.62. The van der Waals surface area contributed by atoms with Gasteiger partial charge in [0, 0.05) is 11.6 Å². The number of nitriles is 1. The molecule has 0 fully saturated rings. The fraction of sp³-hybridized carbons (Fsp3) is 0.182. The van der Waals surface area contributed by atoms with E-state index in [0.717, 1.165) is 11.4 Å². The van der Waals surface area contributed by atoms with E-state index in [1.807, 2.05) is 28.8 Å². The van der Waals surface area contributed by atoms with E-state index in [4.69, 9.17) is 0 Å². The number of imidazole rings is 1. The molecule has 0 amide bonds. The molecule has 3 heterocycles. The maximum atomic E-state index is 14.4. The van der Waals surface area contributed by atoms with Gasteiger partial charge in [0.25, 0.3) is 0 Å². The molecule has 0 aliphatic heterocycles. The van der Waals surface area contributed by atoms with Gasteiger partial charge in [-0.1, -0.05) is 32.9 Å². The van der Waals surface area contributed by atoms with E-state index in [1.165, 1.54) is 12.1 Å². The number of rotatable bonds is 2. The molecule has 0 saturated heterocycles. The van der Waals surface area contributed by atoms with Crippen molar-refractivity contribution >= 4 is 5.78 Å². The summed E-state index contributed by atoms with van der Waals surface area (Å²) in [5.74, 6) is 0.108. The van der Waals surface area contributed by atoms with Gasteiger partial charge >= 0.3 is 0 Å². The van der Waals surface area contributed by atoms with Gasteiger partial charge in [-0.15, -0.1) is 0 Å². The summed E-state index contributed by atoms with van der Waals surface area (Å²) >= 11 is 0. The lowest BCUT2D eigenvalue weighted by molar-refractivity contribution is 0.568. The van der Waals surface area contributed by atoms with Crippen molar-refractivity contribution in [3.8, 4) is 28.7 Å². The Hall–Kier alpha value is -3.59. The van der Waals surface area contributed by atoms with Crippen molar-refractivity contribution in [2.75, 3.05) is 0 Å². The van der Waals surface area contributed by atoms with Crippen molar-refractivity contribution in [1.29, 1.82) is 5.26 Å². The lowest BCUT2D eigenvalue weighted by Crippen LogP contribution is -2.14. The molecular weight excluding hydrogens is 353 g/mol. The Labute approximate surface area is 162 Å². The Morgan fingerprint density at radius 3 is 2.50 bits per heavy atom. The average molecular weight is 371 g/mol. The Balaban J connectivity index is 1.85. The van der Waals surface area contributed by atoms with Gasteiger partial charge in [-0.3, -0.25) is 4.40 Å². The van der Waals surface area contributed by atoms with Crippen LogP contribution in [0.5, 0.6) is 0 Å². The predicted octanol–water partition coefficient (Wildman–Crippen LogP) is 4.77.